The summed E-state index contributed by atoms with van der Waals surface area (Å²) in [6.07, 6.45) is 0. The first-order valence-electron chi connectivity index (χ1n) is 3.70. The molecule has 0 aromatic heterocycles. The Morgan fingerprint density at radius 3 is 1.54 bits per heavy atom. The maximum Gasteiger partial charge on any atom is 0.104 e. The van der Waals surface area contributed by atoms with Gasteiger partial charge in [-0.25, -0.2) is 0 Å². The van der Waals surface area contributed by atoms with Gasteiger partial charge in [0.1, 0.15) is 13.2 Å². The molecule has 0 atom stereocenters. The maximum absolute atomic E-state index is 7.91. The van der Waals surface area contributed by atoms with Gasteiger partial charge in [0.05, 0.1) is 13.2 Å². The number of aliphatic hydroxyl groups excluding tert-OH is 2. The Kier molecular flexibility index (Phi) is 21.4. The maximum atomic E-state index is 7.91. The van der Waals surface area contributed by atoms with Crippen molar-refractivity contribution >= 4 is 23.2 Å². The number of ether oxygens (including phenoxy) is 1. The molecule has 0 unspecified atom stereocenters. The fourth-order valence-corrected chi connectivity index (χ4v) is 0.541. The van der Waals surface area contributed by atoms with Gasteiger partial charge < -0.3 is 14.9 Å². The van der Waals surface area contributed by atoms with E-state index in [1.54, 1.807) is 0 Å². The van der Waals surface area contributed by atoms with Gasteiger partial charge in [0, 0.05) is 11.8 Å². The molecule has 0 radical (unpaired) electrons. The summed E-state index contributed by atoms with van der Waals surface area (Å²) in [7, 11) is 0. The quantitative estimate of drug-likeness (QED) is 0.418. The molecule has 0 amide bonds. The van der Waals surface area contributed by atoms with Gasteiger partial charge in [0.15, 0.2) is 0 Å². The summed E-state index contributed by atoms with van der Waals surface area (Å²) < 4.78 is 4.87. The van der Waals surface area contributed by atoms with Crippen LogP contribution in [0.15, 0.2) is 0 Å². The summed E-state index contributed by atoms with van der Waals surface area (Å²) in [5, 5.41) is 15.8. The number of rotatable bonds is 4. The van der Waals surface area contributed by atoms with E-state index in [4.69, 9.17) is 38.2 Å². The van der Waals surface area contributed by atoms with Crippen LogP contribution in [0.3, 0.4) is 0 Å². The van der Waals surface area contributed by atoms with Crippen LogP contribution in [0.2, 0.25) is 0 Å². The van der Waals surface area contributed by atoms with Gasteiger partial charge in [0.25, 0.3) is 0 Å². The van der Waals surface area contributed by atoms with Crippen LogP contribution in [0, 0.1) is 11.8 Å². The van der Waals surface area contributed by atoms with Crippen molar-refractivity contribution in [3.8, 4) is 11.8 Å². The van der Waals surface area contributed by atoms with E-state index in [1.165, 1.54) is 0 Å². The summed E-state index contributed by atoms with van der Waals surface area (Å²) in [4.78, 5) is 0. The van der Waals surface area contributed by atoms with Crippen molar-refractivity contribution < 1.29 is 14.9 Å². The normalized spacial score (nSPS) is 8.00. The molecule has 0 aromatic carbocycles. The first kappa shape index (κ1) is 15.5. The summed E-state index contributed by atoms with van der Waals surface area (Å²) in [6.45, 7) is 0.879. The number of hydrogen-bond acceptors (Lipinski definition) is 3. The van der Waals surface area contributed by atoms with Crippen molar-refractivity contribution in [2.24, 2.45) is 0 Å². The molecule has 2 N–H and O–H groups in total. The summed E-state index contributed by atoms with van der Waals surface area (Å²) in [5.41, 5.74) is 0. The highest BCUT2D eigenvalue weighted by Crippen LogP contribution is 1.80. The van der Waals surface area contributed by atoms with Crippen molar-refractivity contribution in [3.63, 3.8) is 0 Å². The predicted octanol–water partition coefficient (Wildman–Crippen LogP) is 0.455. The van der Waals surface area contributed by atoms with E-state index < -0.39 is 0 Å². The Hall–Kier alpha value is 0.0200. The van der Waals surface area contributed by atoms with Crippen LogP contribution in [0.5, 0.6) is 0 Å². The zero-order chi connectivity index (χ0) is 10.4. The number of aliphatic hydroxyl groups is 2. The van der Waals surface area contributed by atoms with Crippen molar-refractivity contribution in [1.29, 1.82) is 0 Å². The fourth-order valence-electron chi connectivity index (χ4n) is 0.323. The molecule has 5 heteroatoms. The Bertz CT molecular complexity index is 119. The smallest absolute Gasteiger partial charge is 0.104 e. The van der Waals surface area contributed by atoms with E-state index in [2.05, 4.69) is 11.8 Å². The van der Waals surface area contributed by atoms with Crippen LogP contribution in [-0.4, -0.2) is 48.4 Å². The van der Waals surface area contributed by atoms with E-state index in [-0.39, 0.29) is 13.2 Å². The summed E-state index contributed by atoms with van der Waals surface area (Å²) in [6, 6.07) is 0. The lowest BCUT2D eigenvalue weighted by Crippen LogP contribution is -1.97. The molecule has 3 nitrogen and oxygen atoms in total. The minimum atomic E-state index is -0.166. The standard InChI is InChI=1S/C4H8Cl2O.C4H6O2/c5-1-3-7-4-2-6;5-3-1-2-4-6/h1-4H2;5-6H,3-4H2. The molecule has 0 bridgehead atoms. The Labute approximate surface area is 88.6 Å². The molecule has 0 spiro atoms. The topological polar surface area (TPSA) is 49.7 Å². The Balaban J connectivity index is 0. The number of alkyl halides is 2. The number of halogens is 2. The van der Waals surface area contributed by atoms with Gasteiger partial charge in [0.2, 0.25) is 0 Å². The highest BCUT2D eigenvalue weighted by Gasteiger charge is 1.80. The van der Waals surface area contributed by atoms with E-state index >= 15 is 0 Å². The average Bonchev–Trinajstić information content (AvgIpc) is 2.17. The molecule has 78 valence electrons. The van der Waals surface area contributed by atoms with E-state index in [9.17, 15) is 0 Å². The van der Waals surface area contributed by atoms with E-state index in [0.717, 1.165) is 0 Å². The third-order valence-corrected chi connectivity index (χ3v) is 1.03. The second-order valence-electron chi connectivity index (χ2n) is 1.66. The molecule has 0 fully saturated rings. The molecular weight excluding hydrogens is 215 g/mol. The molecule has 0 aliphatic heterocycles. The molecule has 0 aliphatic carbocycles. The third-order valence-electron chi connectivity index (χ3n) is 0.726. The average molecular weight is 229 g/mol. The first-order valence-corrected chi connectivity index (χ1v) is 4.77. The van der Waals surface area contributed by atoms with Gasteiger partial charge in [-0.05, 0) is 0 Å². The zero-order valence-corrected chi connectivity index (χ0v) is 8.81. The first-order chi connectivity index (χ1) is 6.33. The van der Waals surface area contributed by atoms with Gasteiger partial charge in [-0.3, -0.25) is 0 Å². The second-order valence-corrected chi connectivity index (χ2v) is 2.42. The molecule has 0 rings (SSSR count). The van der Waals surface area contributed by atoms with Crippen molar-refractivity contribution in [2.75, 3.05) is 38.2 Å². The van der Waals surface area contributed by atoms with Gasteiger partial charge in [-0.15, -0.1) is 23.2 Å². The molecule has 0 saturated heterocycles. The monoisotopic (exact) mass is 228 g/mol. The van der Waals surface area contributed by atoms with Crippen LogP contribution >= 0.6 is 23.2 Å². The zero-order valence-electron chi connectivity index (χ0n) is 7.30. The van der Waals surface area contributed by atoms with Gasteiger partial charge in [-0.2, -0.15) is 0 Å². The van der Waals surface area contributed by atoms with Gasteiger partial charge >= 0.3 is 0 Å². The van der Waals surface area contributed by atoms with Crippen LogP contribution in [0.1, 0.15) is 0 Å². The highest BCUT2D eigenvalue weighted by molar-refractivity contribution is 6.18. The lowest BCUT2D eigenvalue weighted by molar-refractivity contribution is 0.165. The minimum absolute atomic E-state index is 0.166. The molecule has 0 aromatic rings. The van der Waals surface area contributed by atoms with Crippen LogP contribution in [0.25, 0.3) is 0 Å². The number of hydrogen-bond donors (Lipinski definition) is 2. The minimum Gasteiger partial charge on any atom is -0.384 e. The molecule has 0 saturated carbocycles. The van der Waals surface area contributed by atoms with Crippen molar-refractivity contribution in [1.82, 2.24) is 0 Å². The molecule has 0 heterocycles. The fraction of sp³-hybridized carbons (Fsp3) is 0.750. The second kappa shape index (κ2) is 17.9. The lowest BCUT2D eigenvalue weighted by atomic mass is 10.6. The molecule has 13 heavy (non-hydrogen) atoms. The molecular formula is C8H14Cl2O3. The van der Waals surface area contributed by atoms with Crippen molar-refractivity contribution in [3.05, 3.63) is 0 Å². The third kappa shape index (κ3) is 24.5. The van der Waals surface area contributed by atoms with E-state index in [0.29, 0.717) is 25.0 Å². The largest absolute Gasteiger partial charge is 0.384 e. The Morgan fingerprint density at radius 2 is 1.31 bits per heavy atom. The van der Waals surface area contributed by atoms with Crippen LogP contribution in [0.4, 0.5) is 0 Å². The van der Waals surface area contributed by atoms with E-state index in [1.807, 2.05) is 0 Å². The molecule has 0 aliphatic rings. The Morgan fingerprint density at radius 1 is 0.923 bits per heavy atom. The van der Waals surface area contributed by atoms with Gasteiger partial charge in [-0.1, -0.05) is 11.8 Å². The summed E-state index contributed by atoms with van der Waals surface area (Å²) >= 11 is 10.5. The SMILES string of the molecule is ClCCOCCCl.OCC#CCO. The van der Waals surface area contributed by atoms with Crippen LogP contribution < -0.4 is 0 Å². The summed E-state index contributed by atoms with van der Waals surface area (Å²) in [5.74, 6) is 5.61. The lowest BCUT2D eigenvalue weighted by Gasteiger charge is -1.93. The van der Waals surface area contributed by atoms with Crippen LogP contribution in [-0.2, 0) is 4.74 Å². The van der Waals surface area contributed by atoms with Crippen molar-refractivity contribution in [2.45, 2.75) is 0 Å². The highest BCUT2D eigenvalue weighted by atomic mass is 35.5. The predicted molar refractivity (Wildman–Crippen MR) is 54.2 cm³/mol.